The lowest BCUT2D eigenvalue weighted by Gasteiger charge is -2.31. The van der Waals surface area contributed by atoms with Crippen LogP contribution in [0.15, 0.2) is 28.7 Å². The maximum Gasteiger partial charge on any atom is 0.329 e. The number of aromatic nitrogens is 1. The standard InChI is InChI=1S/C29H42N2O5/c1-18(2)25(28(33)36-29(5,6)7)31-26(32)23-10-8-9-21(15-23)16-34-17-24-20(4)35-27(30-24)22-13-11-19(3)12-14-22/h11-14,18,21,23,25H,8-10,15-17H2,1-7H3,(H,31,32). The second-order valence-electron chi connectivity index (χ2n) is 11.4. The summed E-state index contributed by atoms with van der Waals surface area (Å²) in [6, 6.07) is 7.44. The zero-order valence-electron chi connectivity index (χ0n) is 22.8. The van der Waals surface area contributed by atoms with Crippen LogP contribution in [0.4, 0.5) is 0 Å². The molecule has 3 rings (SSSR count). The number of benzene rings is 1. The smallest absolute Gasteiger partial charge is 0.329 e. The highest BCUT2D eigenvalue weighted by Gasteiger charge is 2.33. The Morgan fingerprint density at radius 1 is 1.14 bits per heavy atom. The van der Waals surface area contributed by atoms with E-state index in [9.17, 15) is 9.59 Å². The number of esters is 1. The van der Waals surface area contributed by atoms with Gasteiger partial charge in [-0.15, -0.1) is 0 Å². The summed E-state index contributed by atoms with van der Waals surface area (Å²) >= 11 is 0. The minimum atomic E-state index is -0.647. The van der Waals surface area contributed by atoms with Gasteiger partial charge in [-0.25, -0.2) is 9.78 Å². The van der Waals surface area contributed by atoms with Crippen LogP contribution >= 0.6 is 0 Å². The number of oxazole rings is 1. The van der Waals surface area contributed by atoms with Crippen molar-refractivity contribution >= 4 is 11.9 Å². The first-order valence-electron chi connectivity index (χ1n) is 13.1. The van der Waals surface area contributed by atoms with Crippen LogP contribution in [0, 0.1) is 31.6 Å². The molecule has 198 valence electrons. The number of carbonyl (C=O) groups excluding carboxylic acids is 2. The molecule has 0 radical (unpaired) electrons. The SMILES string of the molecule is Cc1ccc(-c2nc(COCC3CCCC(C(=O)NC(C(=O)OC(C)(C)C)C(C)C)C3)c(C)o2)cc1. The lowest BCUT2D eigenvalue weighted by atomic mass is 9.81. The number of rotatable bonds is 9. The van der Waals surface area contributed by atoms with Crippen LogP contribution in [-0.4, -0.2) is 35.1 Å². The van der Waals surface area contributed by atoms with Gasteiger partial charge < -0.3 is 19.2 Å². The molecule has 1 aliphatic carbocycles. The van der Waals surface area contributed by atoms with Crippen molar-refractivity contribution in [3.05, 3.63) is 41.3 Å². The molecule has 0 saturated heterocycles. The van der Waals surface area contributed by atoms with Crippen molar-refractivity contribution < 1.29 is 23.5 Å². The van der Waals surface area contributed by atoms with E-state index < -0.39 is 11.6 Å². The fourth-order valence-electron chi connectivity index (χ4n) is 4.52. The largest absolute Gasteiger partial charge is 0.458 e. The maximum absolute atomic E-state index is 13.0. The van der Waals surface area contributed by atoms with E-state index in [-0.39, 0.29) is 29.6 Å². The highest BCUT2D eigenvalue weighted by Crippen LogP contribution is 2.30. The molecule has 0 aliphatic heterocycles. The Morgan fingerprint density at radius 3 is 2.47 bits per heavy atom. The van der Waals surface area contributed by atoms with Gasteiger partial charge in [-0.05, 0) is 77.8 Å². The lowest BCUT2D eigenvalue weighted by molar-refractivity contribution is -0.160. The summed E-state index contributed by atoms with van der Waals surface area (Å²) in [6.45, 7) is 14.2. The Balaban J connectivity index is 1.51. The van der Waals surface area contributed by atoms with E-state index in [4.69, 9.17) is 13.9 Å². The van der Waals surface area contributed by atoms with Gasteiger partial charge in [0.2, 0.25) is 11.8 Å². The van der Waals surface area contributed by atoms with E-state index >= 15 is 0 Å². The predicted molar refractivity (Wildman–Crippen MR) is 139 cm³/mol. The number of hydrogen-bond donors (Lipinski definition) is 1. The predicted octanol–water partition coefficient (Wildman–Crippen LogP) is 5.76. The van der Waals surface area contributed by atoms with Crippen molar-refractivity contribution in [2.45, 2.75) is 92.4 Å². The molecule has 1 aliphatic rings. The fraction of sp³-hybridized carbons (Fsp3) is 0.621. The number of nitrogens with zero attached hydrogens (tertiary/aromatic N) is 1. The van der Waals surface area contributed by atoms with E-state index in [1.807, 2.05) is 72.7 Å². The average molecular weight is 499 g/mol. The van der Waals surface area contributed by atoms with Crippen LogP contribution < -0.4 is 5.32 Å². The molecule has 1 amide bonds. The Hall–Kier alpha value is -2.67. The topological polar surface area (TPSA) is 90.7 Å². The third-order valence-electron chi connectivity index (χ3n) is 6.56. The monoisotopic (exact) mass is 498 g/mol. The van der Waals surface area contributed by atoms with E-state index in [1.54, 1.807) is 0 Å². The maximum atomic E-state index is 13.0. The van der Waals surface area contributed by atoms with Crippen molar-refractivity contribution in [2.75, 3.05) is 6.61 Å². The molecule has 1 fully saturated rings. The summed E-state index contributed by atoms with van der Waals surface area (Å²) in [6.07, 6.45) is 3.56. The van der Waals surface area contributed by atoms with Crippen molar-refractivity contribution in [2.24, 2.45) is 17.8 Å². The molecule has 1 N–H and O–H groups in total. The molecule has 2 aromatic rings. The Bertz CT molecular complexity index is 1020. The van der Waals surface area contributed by atoms with E-state index in [2.05, 4.69) is 10.3 Å². The first kappa shape index (κ1) is 27.9. The minimum absolute atomic E-state index is 0.0537. The Morgan fingerprint density at radius 2 is 1.83 bits per heavy atom. The second kappa shape index (κ2) is 12.0. The van der Waals surface area contributed by atoms with Crippen LogP contribution in [-0.2, 0) is 25.7 Å². The number of amides is 1. The number of nitrogens with one attached hydrogen (secondary N) is 1. The Labute approximate surface area is 215 Å². The number of hydrogen-bond acceptors (Lipinski definition) is 6. The van der Waals surface area contributed by atoms with Gasteiger partial charge in [0.15, 0.2) is 0 Å². The van der Waals surface area contributed by atoms with Crippen molar-refractivity contribution in [1.82, 2.24) is 10.3 Å². The summed E-state index contributed by atoms with van der Waals surface area (Å²) < 4.78 is 17.4. The molecule has 3 atom stereocenters. The van der Waals surface area contributed by atoms with Gasteiger partial charge in [0.05, 0.1) is 6.61 Å². The molecule has 36 heavy (non-hydrogen) atoms. The van der Waals surface area contributed by atoms with Gasteiger partial charge in [-0.3, -0.25) is 4.79 Å². The molecule has 1 aromatic carbocycles. The first-order chi connectivity index (χ1) is 16.9. The van der Waals surface area contributed by atoms with Gasteiger partial charge in [0.1, 0.15) is 23.1 Å². The van der Waals surface area contributed by atoms with Gasteiger partial charge >= 0.3 is 5.97 Å². The summed E-state index contributed by atoms with van der Waals surface area (Å²) in [5.74, 6) is 1.02. The van der Waals surface area contributed by atoms with E-state index in [0.29, 0.717) is 19.1 Å². The summed E-state index contributed by atoms with van der Waals surface area (Å²) in [4.78, 5) is 30.3. The van der Waals surface area contributed by atoms with Gasteiger partial charge in [-0.2, -0.15) is 0 Å². The molecular formula is C29H42N2O5. The van der Waals surface area contributed by atoms with Gasteiger partial charge in [-0.1, -0.05) is 38.0 Å². The van der Waals surface area contributed by atoms with E-state index in [0.717, 1.165) is 42.7 Å². The van der Waals surface area contributed by atoms with Crippen molar-refractivity contribution in [3.8, 4) is 11.5 Å². The molecule has 3 unspecified atom stereocenters. The van der Waals surface area contributed by atoms with Gasteiger partial charge in [0.25, 0.3) is 0 Å². The molecule has 1 aromatic heterocycles. The van der Waals surface area contributed by atoms with E-state index in [1.165, 1.54) is 5.56 Å². The third kappa shape index (κ3) is 7.92. The number of ether oxygens (including phenoxy) is 2. The summed E-state index contributed by atoms with van der Waals surface area (Å²) in [5.41, 5.74) is 2.34. The number of carbonyl (C=O) groups is 2. The quantitative estimate of drug-likeness (QED) is 0.442. The van der Waals surface area contributed by atoms with Crippen molar-refractivity contribution in [3.63, 3.8) is 0 Å². The molecular weight excluding hydrogens is 456 g/mol. The lowest BCUT2D eigenvalue weighted by Crippen LogP contribution is -2.49. The van der Waals surface area contributed by atoms with Crippen molar-refractivity contribution in [1.29, 1.82) is 0 Å². The third-order valence-corrected chi connectivity index (χ3v) is 6.56. The highest BCUT2D eigenvalue weighted by atomic mass is 16.6. The normalized spacial score (nSPS) is 19.2. The van der Waals surface area contributed by atoms with Gasteiger partial charge in [0, 0.05) is 18.1 Å². The molecule has 7 heteroatoms. The van der Waals surface area contributed by atoms with Crippen LogP contribution in [0.1, 0.15) is 77.3 Å². The highest BCUT2D eigenvalue weighted by molar-refractivity contribution is 5.86. The molecule has 0 bridgehead atoms. The average Bonchev–Trinajstić information content (AvgIpc) is 3.17. The first-order valence-corrected chi connectivity index (χ1v) is 13.1. The molecule has 1 heterocycles. The molecule has 0 spiro atoms. The zero-order chi connectivity index (χ0) is 26.5. The minimum Gasteiger partial charge on any atom is -0.458 e. The summed E-state index contributed by atoms with van der Waals surface area (Å²) in [7, 11) is 0. The van der Waals surface area contributed by atoms with Crippen LogP contribution in [0.2, 0.25) is 0 Å². The molecule has 7 nitrogen and oxygen atoms in total. The number of aryl methyl sites for hydroxylation is 2. The van der Waals surface area contributed by atoms with Crippen LogP contribution in [0.25, 0.3) is 11.5 Å². The summed E-state index contributed by atoms with van der Waals surface area (Å²) in [5, 5.41) is 2.96. The molecule has 1 saturated carbocycles. The van der Waals surface area contributed by atoms with Crippen LogP contribution in [0.3, 0.4) is 0 Å². The fourth-order valence-corrected chi connectivity index (χ4v) is 4.52. The second-order valence-corrected chi connectivity index (χ2v) is 11.4. The zero-order valence-corrected chi connectivity index (χ0v) is 22.8. The Kier molecular flexibility index (Phi) is 9.34. The van der Waals surface area contributed by atoms with Crippen LogP contribution in [0.5, 0.6) is 0 Å².